The van der Waals surface area contributed by atoms with Crippen molar-refractivity contribution in [1.82, 2.24) is 0 Å². The van der Waals surface area contributed by atoms with Crippen LogP contribution in [-0.2, 0) is 12.8 Å². The fourth-order valence-electron chi connectivity index (χ4n) is 3.43. The third-order valence-corrected chi connectivity index (χ3v) is 5.53. The largest absolute Gasteiger partial charge is 0.0617 e. The SMILES string of the molecule is CCc1ccc(C#Cc2ccc(-c3ccc(C#Cc4ccc(CC)cc4)cc3)cc2)cc1. The molecule has 4 rings (SSSR count). The van der Waals surface area contributed by atoms with E-state index in [-0.39, 0.29) is 0 Å². The third-order valence-electron chi connectivity index (χ3n) is 5.53. The number of hydrogen-bond donors (Lipinski definition) is 0. The molecule has 0 unspecified atom stereocenters. The minimum Gasteiger partial charge on any atom is -0.0617 e. The lowest BCUT2D eigenvalue weighted by Crippen LogP contribution is -1.82. The van der Waals surface area contributed by atoms with Crippen molar-refractivity contribution in [3.63, 3.8) is 0 Å². The minimum absolute atomic E-state index is 1.02. The van der Waals surface area contributed by atoms with Crippen molar-refractivity contribution in [2.75, 3.05) is 0 Å². The van der Waals surface area contributed by atoms with E-state index in [0.29, 0.717) is 0 Å². The fourth-order valence-corrected chi connectivity index (χ4v) is 3.43. The summed E-state index contributed by atoms with van der Waals surface area (Å²) in [6.07, 6.45) is 2.10. The minimum atomic E-state index is 1.02. The summed E-state index contributed by atoms with van der Waals surface area (Å²) in [5, 5.41) is 0. The van der Waals surface area contributed by atoms with Gasteiger partial charge in [-0.2, -0.15) is 0 Å². The number of aryl methyl sites for hydroxylation is 2. The van der Waals surface area contributed by atoms with Gasteiger partial charge in [0, 0.05) is 22.3 Å². The van der Waals surface area contributed by atoms with Crippen LogP contribution in [0.3, 0.4) is 0 Å². The zero-order valence-corrected chi connectivity index (χ0v) is 18.7. The second-order valence-electron chi connectivity index (χ2n) is 7.76. The predicted molar refractivity (Wildman–Crippen MR) is 135 cm³/mol. The molecule has 0 aliphatic carbocycles. The van der Waals surface area contributed by atoms with Gasteiger partial charge < -0.3 is 0 Å². The van der Waals surface area contributed by atoms with Crippen molar-refractivity contribution >= 4 is 0 Å². The standard InChI is InChI=1S/C32H26/c1-3-25-5-9-27(10-6-25)13-15-29-17-21-31(22-18-29)32-23-19-30(20-24-32)16-14-28-11-7-26(4-2)8-12-28/h5-12,17-24H,3-4H2,1-2H3. The zero-order valence-electron chi connectivity index (χ0n) is 18.7. The molecule has 32 heavy (non-hydrogen) atoms. The predicted octanol–water partition coefficient (Wildman–Crippen LogP) is 7.28. The van der Waals surface area contributed by atoms with Gasteiger partial charge in [-0.3, -0.25) is 0 Å². The van der Waals surface area contributed by atoms with Crippen LogP contribution in [0.2, 0.25) is 0 Å². The maximum atomic E-state index is 3.26. The highest BCUT2D eigenvalue weighted by Gasteiger charge is 1.98. The van der Waals surface area contributed by atoms with Crippen LogP contribution in [0.4, 0.5) is 0 Å². The van der Waals surface area contributed by atoms with E-state index < -0.39 is 0 Å². The quantitative estimate of drug-likeness (QED) is 0.311. The first-order valence-electron chi connectivity index (χ1n) is 11.2. The van der Waals surface area contributed by atoms with Gasteiger partial charge in [-0.15, -0.1) is 0 Å². The van der Waals surface area contributed by atoms with E-state index in [2.05, 4.69) is 135 Å². The van der Waals surface area contributed by atoms with Crippen molar-refractivity contribution in [1.29, 1.82) is 0 Å². The Bertz CT molecular complexity index is 1170. The first kappa shape index (κ1) is 21.2. The Kier molecular flexibility index (Phi) is 6.87. The van der Waals surface area contributed by atoms with Crippen molar-refractivity contribution in [2.45, 2.75) is 26.7 Å². The fraction of sp³-hybridized carbons (Fsp3) is 0.125. The average molecular weight is 411 g/mol. The van der Waals surface area contributed by atoms with Gasteiger partial charge in [-0.1, -0.05) is 86.1 Å². The maximum Gasteiger partial charge on any atom is 0.0249 e. The van der Waals surface area contributed by atoms with Crippen LogP contribution < -0.4 is 0 Å². The molecule has 0 heteroatoms. The van der Waals surface area contributed by atoms with Crippen molar-refractivity contribution in [3.05, 3.63) is 130 Å². The van der Waals surface area contributed by atoms with E-state index in [1.807, 2.05) is 0 Å². The summed E-state index contributed by atoms with van der Waals surface area (Å²) in [6, 6.07) is 33.7. The summed E-state index contributed by atoms with van der Waals surface area (Å²) in [7, 11) is 0. The Morgan fingerprint density at radius 1 is 0.375 bits per heavy atom. The topological polar surface area (TPSA) is 0 Å². The summed E-state index contributed by atoms with van der Waals surface area (Å²) >= 11 is 0. The first-order chi connectivity index (χ1) is 15.7. The molecule has 0 aliphatic rings. The molecule has 0 aliphatic heterocycles. The van der Waals surface area contributed by atoms with Gasteiger partial charge >= 0.3 is 0 Å². The molecular formula is C32H26. The molecule has 0 bridgehead atoms. The Balaban J connectivity index is 1.43. The highest BCUT2D eigenvalue weighted by molar-refractivity contribution is 5.65. The summed E-state index contributed by atoms with van der Waals surface area (Å²) in [5.74, 6) is 13.0. The molecule has 0 fully saturated rings. The van der Waals surface area contributed by atoms with Gasteiger partial charge in [0.1, 0.15) is 0 Å². The van der Waals surface area contributed by atoms with Gasteiger partial charge in [0.2, 0.25) is 0 Å². The van der Waals surface area contributed by atoms with Crippen LogP contribution in [-0.4, -0.2) is 0 Å². The van der Waals surface area contributed by atoms with Crippen molar-refractivity contribution in [3.8, 4) is 34.8 Å². The van der Waals surface area contributed by atoms with Gasteiger partial charge in [0.25, 0.3) is 0 Å². The van der Waals surface area contributed by atoms with Gasteiger partial charge in [-0.05, 0) is 83.6 Å². The number of rotatable bonds is 3. The van der Waals surface area contributed by atoms with E-state index in [4.69, 9.17) is 0 Å². The number of benzene rings is 4. The van der Waals surface area contributed by atoms with Gasteiger partial charge in [0.05, 0.1) is 0 Å². The van der Waals surface area contributed by atoms with Crippen LogP contribution in [0.15, 0.2) is 97.1 Å². The Morgan fingerprint density at radius 3 is 0.875 bits per heavy atom. The molecule has 0 saturated heterocycles. The summed E-state index contributed by atoms with van der Waals surface area (Å²) in [4.78, 5) is 0. The van der Waals surface area contributed by atoms with Crippen LogP contribution in [0.1, 0.15) is 47.2 Å². The van der Waals surface area contributed by atoms with E-state index in [1.165, 1.54) is 22.3 Å². The Morgan fingerprint density at radius 2 is 0.625 bits per heavy atom. The molecule has 0 heterocycles. The molecule has 0 N–H and O–H groups in total. The zero-order chi connectivity index (χ0) is 22.2. The molecule has 0 nitrogen and oxygen atoms in total. The first-order valence-corrected chi connectivity index (χ1v) is 11.2. The lowest BCUT2D eigenvalue weighted by Gasteiger charge is -2.02. The normalized spacial score (nSPS) is 9.94. The molecule has 0 radical (unpaired) electrons. The van der Waals surface area contributed by atoms with Crippen molar-refractivity contribution < 1.29 is 0 Å². The Hall–Kier alpha value is -4.00. The molecular weight excluding hydrogens is 384 g/mol. The second-order valence-corrected chi connectivity index (χ2v) is 7.76. The highest BCUT2D eigenvalue weighted by Crippen LogP contribution is 2.20. The second kappa shape index (κ2) is 10.3. The van der Waals surface area contributed by atoms with E-state index in [1.54, 1.807) is 0 Å². The molecule has 4 aromatic carbocycles. The molecule has 4 aromatic rings. The lowest BCUT2D eigenvalue weighted by molar-refractivity contribution is 1.14. The molecule has 154 valence electrons. The third kappa shape index (κ3) is 5.57. The van der Waals surface area contributed by atoms with Crippen LogP contribution in [0.25, 0.3) is 11.1 Å². The monoisotopic (exact) mass is 410 g/mol. The van der Waals surface area contributed by atoms with Crippen molar-refractivity contribution in [2.24, 2.45) is 0 Å². The van der Waals surface area contributed by atoms with E-state index >= 15 is 0 Å². The molecule has 0 spiro atoms. The summed E-state index contributed by atoms with van der Waals surface area (Å²) in [5.41, 5.74) is 9.16. The van der Waals surface area contributed by atoms with E-state index in [0.717, 1.165) is 35.1 Å². The maximum absolute atomic E-state index is 3.26. The lowest BCUT2D eigenvalue weighted by atomic mass is 10.0. The summed E-state index contributed by atoms with van der Waals surface area (Å²) < 4.78 is 0. The van der Waals surface area contributed by atoms with Crippen LogP contribution in [0, 0.1) is 23.7 Å². The molecule has 0 atom stereocenters. The molecule has 0 amide bonds. The number of hydrogen-bond acceptors (Lipinski definition) is 0. The molecule has 0 saturated carbocycles. The smallest absolute Gasteiger partial charge is 0.0249 e. The molecule has 0 aromatic heterocycles. The highest BCUT2D eigenvalue weighted by atomic mass is 14.0. The van der Waals surface area contributed by atoms with Crippen LogP contribution in [0.5, 0.6) is 0 Å². The Labute approximate surface area is 192 Å². The van der Waals surface area contributed by atoms with Gasteiger partial charge in [-0.25, -0.2) is 0 Å². The summed E-state index contributed by atoms with van der Waals surface area (Å²) in [6.45, 7) is 4.32. The van der Waals surface area contributed by atoms with E-state index in [9.17, 15) is 0 Å². The average Bonchev–Trinajstić information content (AvgIpc) is 2.87. The van der Waals surface area contributed by atoms with Crippen LogP contribution >= 0.6 is 0 Å². The van der Waals surface area contributed by atoms with Gasteiger partial charge in [0.15, 0.2) is 0 Å².